The van der Waals surface area contributed by atoms with Crippen LogP contribution in [0.3, 0.4) is 0 Å². The highest BCUT2D eigenvalue weighted by Gasteiger charge is 2.27. The molecule has 0 aromatic heterocycles. The van der Waals surface area contributed by atoms with Crippen LogP contribution in [0.25, 0.3) is 0 Å². The van der Waals surface area contributed by atoms with Crippen LogP contribution in [0.2, 0.25) is 5.02 Å². The first-order valence-electron chi connectivity index (χ1n) is 4.76. The summed E-state index contributed by atoms with van der Waals surface area (Å²) in [5.74, 6) is 6.39. The summed E-state index contributed by atoms with van der Waals surface area (Å²) >= 11 is 5.99. The topological polar surface area (TPSA) is 53.7 Å². The number of methoxy groups -OCH3 is 2. The van der Waals surface area contributed by atoms with Gasteiger partial charge in [0.05, 0.1) is 14.2 Å². The Morgan fingerprint density at radius 3 is 2.25 bits per heavy atom. The Balaban J connectivity index is 3.42. The van der Waals surface area contributed by atoms with Gasteiger partial charge in [-0.2, -0.15) is 0 Å². The van der Waals surface area contributed by atoms with E-state index in [-0.39, 0.29) is 0 Å². The van der Waals surface area contributed by atoms with Gasteiger partial charge in [0.2, 0.25) is 0 Å². The average molecular weight is 246 g/mol. The monoisotopic (exact) mass is 245 g/mol. The van der Waals surface area contributed by atoms with Crippen molar-refractivity contribution in [3.63, 3.8) is 0 Å². The van der Waals surface area contributed by atoms with Crippen molar-refractivity contribution in [3.05, 3.63) is 22.7 Å². The zero-order chi connectivity index (χ0) is 12.3. The van der Waals surface area contributed by atoms with Gasteiger partial charge in [-0.25, -0.2) is 5.90 Å². The zero-order valence-electron chi connectivity index (χ0n) is 9.83. The highest BCUT2D eigenvalue weighted by molar-refractivity contribution is 6.30. The van der Waals surface area contributed by atoms with Gasteiger partial charge in [-0.3, -0.25) is 4.84 Å². The molecule has 4 nitrogen and oxygen atoms in total. The Bertz CT molecular complexity index is 380. The quantitative estimate of drug-likeness (QED) is 0.828. The minimum absolute atomic E-state index is 0.540. The number of rotatable bonds is 4. The molecule has 0 atom stereocenters. The molecular weight excluding hydrogens is 230 g/mol. The molecule has 0 unspecified atom stereocenters. The summed E-state index contributed by atoms with van der Waals surface area (Å²) in [7, 11) is 3.11. The molecule has 1 rings (SSSR count). The van der Waals surface area contributed by atoms with Crippen LogP contribution in [0.15, 0.2) is 12.1 Å². The molecule has 0 amide bonds. The fourth-order valence-corrected chi connectivity index (χ4v) is 1.65. The van der Waals surface area contributed by atoms with Crippen LogP contribution in [-0.2, 0) is 10.4 Å². The lowest BCUT2D eigenvalue weighted by Gasteiger charge is -2.25. The number of hydrogen-bond donors (Lipinski definition) is 1. The largest absolute Gasteiger partial charge is 0.493 e. The first kappa shape index (κ1) is 13.1. The second-order valence-corrected chi connectivity index (χ2v) is 4.25. The Labute approximate surface area is 100 Å². The molecular formula is C11H16ClNO3. The van der Waals surface area contributed by atoms with E-state index in [0.29, 0.717) is 16.5 Å². The van der Waals surface area contributed by atoms with Crippen molar-refractivity contribution in [2.45, 2.75) is 19.4 Å². The lowest BCUT2D eigenvalue weighted by atomic mass is 9.97. The predicted octanol–water partition coefficient (Wildman–Crippen LogP) is 2.48. The Morgan fingerprint density at radius 1 is 1.19 bits per heavy atom. The number of nitrogens with two attached hydrogens (primary N) is 1. The molecule has 1 aromatic rings. The molecule has 5 heteroatoms. The van der Waals surface area contributed by atoms with Crippen molar-refractivity contribution in [2.24, 2.45) is 5.90 Å². The van der Waals surface area contributed by atoms with Gasteiger partial charge in [-0.15, -0.1) is 0 Å². The second kappa shape index (κ2) is 4.91. The zero-order valence-corrected chi connectivity index (χ0v) is 10.6. The van der Waals surface area contributed by atoms with E-state index in [1.165, 1.54) is 0 Å². The SMILES string of the molecule is COc1cc(Cl)cc(C(C)(C)ON)c1OC. The molecule has 0 saturated carbocycles. The van der Waals surface area contributed by atoms with E-state index in [4.69, 9.17) is 31.8 Å². The third-order valence-corrected chi connectivity index (χ3v) is 2.61. The van der Waals surface area contributed by atoms with Crippen molar-refractivity contribution in [1.82, 2.24) is 0 Å². The van der Waals surface area contributed by atoms with Crippen LogP contribution >= 0.6 is 11.6 Å². The van der Waals surface area contributed by atoms with Crippen LogP contribution in [0.4, 0.5) is 0 Å². The van der Waals surface area contributed by atoms with Crippen LogP contribution in [0, 0.1) is 0 Å². The maximum absolute atomic E-state index is 5.99. The normalized spacial score (nSPS) is 11.4. The van der Waals surface area contributed by atoms with Crippen molar-refractivity contribution >= 4 is 11.6 Å². The van der Waals surface area contributed by atoms with Crippen molar-refractivity contribution < 1.29 is 14.3 Å². The number of halogens is 1. The van der Waals surface area contributed by atoms with Crippen LogP contribution in [-0.4, -0.2) is 14.2 Å². The van der Waals surface area contributed by atoms with Crippen molar-refractivity contribution in [3.8, 4) is 11.5 Å². The van der Waals surface area contributed by atoms with Gasteiger partial charge < -0.3 is 9.47 Å². The van der Waals surface area contributed by atoms with E-state index in [0.717, 1.165) is 5.56 Å². The van der Waals surface area contributed by atoms with Gasteiger partial charge in [0.1, 0.15) is 5.60 Å². The summed E-state index contributed by atoms with van der Waals surface area (Å²) in [6.07, 6.45) is 0. The molecule has 0 heterocycles. The number of hydrogen-bond acceptors (Lipinski definition) is 4. The Morgan fingerprint density at radius 2 is 1.81 bits per heavy atom. The molecule has 1 aromatic carbocycles. The van der Waals surface area contributed by atoms with Crippen LogP contribution in [0.1, 0.15) is 19.4 Å². The van der Waals surface area contributed by atoms with Gasteiger partial charge in [0.15, 0.2) is 11.5 Å². The summed E-state index contributed by atoms with van der Waals surface area (Å²) in [5, 5.41) is 0.540. The summed E-state index contributed by atoms with van der Waals surface area (Å²) in [5.41, 5.74) is 0.0330. The predicted molar refractivity (Wildman–Crippen MR) is 62.9 cm³/mol. The summed E-state index contributed by atoms with van der Waals surface area (Å²) < 4.78 is 10.5. The summed E-state index contributed by atoms with van der Waals surface area (Å²) in [6.45, 7) is 3.64. The van der Waals surface area contributed by atoms with E-state index in [9.17, 15) is 0 Å². The third kappa shape index (κ3) is 2.40. The smallest absolute Gasteiger partial charge is 0.166 e. The van der Waals surface area contributed by atoms with E-state index in [1.54, 1.807) is 26.4 Å². The Kier molecular flexibility index (Phi) is 4.02. The van der Waals surface area contributed by atoms with Gasteiger partial charge in [-0.05, 0) is 19.9 Å². The summed E-state index contributed by atoms with van der Waals surface area (Å²) in [4.78, 5) is 4.93. The summed E-state index contributed by atoms with van der Waals surface area (Å²) in [6, 6.07) is 3.42. The maximum Gasteiger partial charge on any atom is 0.166 e. The number of benzene rings is 1. The van der Waals surface area contributed by atoms with Crippen molar-refractivity contribution in [2.75, 3.05) is 14.2 Å². The van der Waals surface area contributed by atoms with E-state index in [2.05, 4.69) is 0 Å². The molecule has 0 radical (unpaired) electrons. The minimum atomic E-state index is -0.705. The molecule has 0 aliphatic carbocycles. The van der Waals surface area contributed by atoms with E-state index < -0.39 is 5.60 Å². The lowest BCUT2D eigenvalue weighted by molar-refractivity contribution is -0.0252. The fourth-order valence-electron chi connectivity index (χ4n) is 1.44. The van der Waals surface area contributed by atoms with Crippen LogP contribution < -0.4 is 15.4 Å². The van der Waals surface area contributed by atoms with Gasteiger partial charge in [0.25, 0.3) is 0 Å². The van der Waals surface area contributed by atoms with E-state index >= 15 is 0 Å². The molecule has 0 aliphatic rings. The van der Waals surface area contributed by atoms with Gasteiger partial charge >= 0.3 is 0 Å². The van der Waals surface area contributed by atoms with Crippen LogP contribution in [0.5, 0.6) is 11.5 Å². The fraction of sp³-hybridized carbons (Fsp3) is 0.455. The van der Waals surface area contributed by atoms with Gasteiger partial charge in [-0.1, -0.05) is 11.6 Å². The average Bonchev–Trinajstić information content (AvgIpc) is 2.27. The highest BCUT2D eigenvalue weighted by atomic mass is 35.5. The third-order valence-electron chi connectivity index (χ3n) is 2.39. The molecule has 0 saturated heterocycles. The molecule has 0 bridgehead atoms. The number of ether oxygens (including phenoxy) is 2. The second-order valence-electron chi connectivity index (χ2n) is 3.82. The highest BCUT2D eigenvalue weighted by Crippen LogP contribution is 2.40. The molecule has 0 fully saturated rings. The molecule has 0 aliphatic heterocycles. The Hall–Kier alpha value is -0.970. The first-order chi connectivity index (χ1) is 7.46. The molecule has 0 spiro atoms. The molecule has 90 valence electrons. The molecule has 16 heavy (non-hydrogen) atoms. The first-order valence-corrected chi connectivity index (χ1v) is 5.14. The molecule has 2 N–H and O–H groups in total. The maximum atomic E-state index is 5.99. The van der Waals surface area contributed by atoms with Gasteiger partial charge in [0, 0.05) is 16.7 Å². The lowest BCUT2D eigenvalue weighted by Crippen LogP contribution is -2.26. The standard InChI is InChI=1S/C11H16ClNO3/c1-11(2,16-13)8-5-7(12)6-9(14-3)10(8)15-4/h5-6H,13H2,1-4H3. The minimum Gasteiger partial charge on any atom is -0.493 e. The van der Waals surface area contributed by atoms with E-state index in [1.807, 2.05) is 13.8 Å². The van der Waals surface area contributed by atoms with Crippen molar-refractivity contribution in [1.29, 1.82) is 0 Å².